The second kappa shape index (κ2) is 10.7. The van der Waals surface area contributed by atoms with E-state index >= 15 is 0 Å². The lowest BCUT2D eigenvalue weighted by atomic mass is 10.2. The molecule has 1 aromatic rings. The third kappa shape index (κ3) is 6.53. The fraction of sp³-hybridized carbons (Fsp3) is 0.571. The van der Waals surface area contributed by atoms with Gasteiger partial charge in [-0.2, -0.15) is 0 Å². The quantitative estimate of drug-likeness (QED) is 0.554. The van der Waals surface area contributed by atoms with E-state index in [0.717, 1.165) is 34.9 Å². The van der Waals surface area contributed by atoms with Gasteiger partial charge in [-0.15, -0.1) is 0 Å². The normalized spacial score (nSPS) is 10.0. The Bertz CT molecular complexity index is 709. The van der Waals surface area contributed by atoms with Crippen LogP contribution in [0.5, 0.6) is 0 Å². The molecule has 1 aromatic carbocycles. The molecule has 0 fully saturated rings. The summed E-state index contributed by atoms with van der Waals surface area (Å²) in [5.41, 5.74) is 2.23. The van der Waals surface area contributed by atoms with Crippen molar-refractivity contribution in [3.05, 3.63) is 18.2 Å². The average Bonchev–Trinajstić information content (AvgIpc) is 2.61. The zero-order chi connectivity index (χ0) is 23.2. The van der Waals surface area contributed by atoms with Gasteiger partial charge in [0.05, 0.1) is 11.4 Å². The van der Waals surface area contributed by atoms with Crippen LogP contribution in [-0.4, -0.2) is 132 Å². The molecule has 0 aliphatic rings. The van der Waals surface area contributed by atoms with E-state index in [9.17, 15) is 0 Å². The maximum absolute atomic E-state index is 4.98. The summed E-state index contributed by atoms with van der Waals surface area (Å²) >= 11 is 0. The molecule has 1 rings (SSSR count). The summed E-state index contributed by atoms with van der Waals surface area (Å²) < 4.78 is 0. The highest BCUT2D eigenvalue weighted by Crippen LogP contribution is 2.38. The predicted molar refractivity (Wildman–Crippen MR) is 130 cm³/mol. The highest BCUT2D eigenvalue weighted by Gasteiger charge is 2.15. The molecule has 0 heterocycles. The van der Waals surface area contributed by atoms with E-state index in [0.29, 0.717) is 0 Å². The lowest BCUT2D eigenvalue weighted by Crippen LogP contribution is -2.35. The number of hydrogen-bond donors (Lipinski definition) is 0. The minimum atomic E-state index is 0.720. The minimum absolute atomic E-state index is 0.720. The van der Waals surface area contributed by atoms with Crippen molar-refractivity contribution in [2.75, 3.05) is 84.6 Å². The topological polar surface area (TPSA) is 56.5 Å². The number of aliphatic imine (C=N–C) groups is 3. The van der Waals surface area contributed by atoms with Crippen molar-refractivity contribution < 1.29 is 0 Å². The Morgan fingerprint density at radius 1 is 0.467 bits per heavy atom. The summed E-state index contributed by atoms with van der Waals surface area (Å²) in [7, 11) is 23.7. The molecule has 0 aliphatic carbocycles. The Balaban J connectivity index is 3.91. The second-order valence-corrected chi connectivity index (χ2v) is 8.25. The summed E-state index contributed by atoms with van der Waals surface area (Å²) in [5, 5.41) is 0. The van der Waals surface area contributed by atoms with Gasteiger partial charge in [0.2, 0.25) is 17.9 Å². The summed E-state index contributed by atoms with van der Waals surface area (Å²) in [6, 6.07) is 5.91. The number of para-hydroxylation sites is 1. The van der Waals surface area contributed by atoms with Crippen LogP contribution >= 0.6 is 0 Å². The highest BCUT2D eigenvalue weighted by molar-refractivity contribution is 5.93. The van der Waals surface area contributed by atoms with Crippen molar-refractivity contribution in [1.82, 2.24) is 29.4 Å². The Labute approximate surface area is 182 Å². The third-order valence-electron chi connectivity index (χ3n) is 4.05. The first kappa shape index (κ1) is 25.1. The van der Waals surface area contributed by atoms with Crippen molar-refractivity contribution in [3.8, 4) is 0 Å². The Morgan fingerprint density at radius 3 is 1.00 bits per heavy atom. The van der Waals surface area contributed by atoms with Crippen molar-refractivity contribution >= 4 is 34.9 Å². The molecule has 0 aliphatic heterocycles. The Morgan fingerprint density at radius 2 is 0.733 bits per heavy atom. The van der Waals surface area contributed by atoms with Gasteiger partial charge in [-0.25, -0.2) is 15.0 Å². The van der Waals surface area contributed by atoms with Crippen LogP contribution in [0.3, 0.4) is 0 Å². The van der Waals surface area contributed by atoms with Gasteiger partial charge in [-0.1, -0.05) is 6.07 Å². The first-order valence-corrected chi connectivity index (χ1v) is 9.79. The van der Waals surface area contributed by atoms with E-state index in [4.69, 9.17) is 15.0 Å². The molecule has 0 spiro atoms. The molecule has 0 unspecified atom stereocenters. The zero-order valence-electron chi connectivity index (χ0n) is 20.8. The van der Waals surface area contributed by atoms with Gasteiger partial charge >= 0.3 is 0 Å². The van der Waals surface area contributed by atoms with E-state index in [1.807, 2.05) is 132 Å². The van der Waals surface area contributed by atoms with Gasteiger partial charge in [-0.05, 0) is 12.1 Å². The summed E-state index contributed by atoms with van der Waals surface area (Å²) in [4.78, 5) is 26.7. The van der Waals surface area contributed by atoms with Crippen LogP contribution < -0.4 is 0 Å². The van der Waals surface area contributed by atoms with E-state index in [1.165, 1.54) is 0 Å². The fourth-order valence-electron chi connectivity index (χ4n) is 2.93. The number of benzene rings is 1. The molecule has 168 valence electrons. The van der Waals surface area contributed by atoms with E-state index in [1.54, 1.807) is 0 Å². The Hall–Kier alpha value is -2.97. The minimum Gasteiger partial charge on any atom is -0.349 e. The monoisotopic (exact) mass is 417 g/mol. The first-order valence-electron chi connectivity index (χ1n) is 9.79. The van der Waals surface area contributed by atoms with Crippen molar-refractivity contribution in [2.24, 2.45) is 15.0 Å². The van der Waals surface area contributed by atoms with Gasteiger partial charge in [0, 0.05) is 84.6 Å². The maximum atomic E-state index is 4.98. The van der Waals surface area contributed by atoms with E-state index in [2.05, 4.69) is 0 Å². The Kier molecular flexibility index (Phi) is 8.94. The number of rotatable bonds is 3. The molecule has 0 bridgehead atoms. The van der Waals surface area contributed by atoms with Crippen LogP contribution in [0.1, 0.15) is 0 Å². The molecule has 9 heteroatoms. The number of hydrogen-bond acceptors (Lipinski definition) is 3. The number of guanidine groups is 3. The van der Waals surface area contributed by atoms with Gasteiger partial charge in [0.1, 0.15) is 5.69 Å². The van der Waals surface area contributed by atoms with Crippen LogP contribution in [0.2, 0.25) is 0 Å². The second-order valence-electron chi connectivity index (χ2n) is 8.25. The van der Waals surface area contributed by atoms with E-state index in [-0.39, 0.29) is 0 Å². The molecule has 0 saturated heterocycles. The van der Waals surface area contributed by atoms with Crippen LogP contribution in [0.4, 0.5) is 17.1 Å². The third-order valence-corrected chi connectivity index (χ3v) is 4.05. The van der Waals surface area contributed by atoms with Crippen LogP contribution in [0.25, 0.3) is 0 Å². The summed E-state index contributed by atoms with van der Waals surface area (Å²) in [5.74, 6) is 2.45. The predicted octanol–water partition coefficient (Wildman–Crippen LogP) is 2.02. The van der Waals surface area contributed by atoms with Crippen LogP contribution in [0, 0.1) is 0 Å². The van der Waals surface area contributed by atoms with Gasteiger partial charge in [0.25, 0.3) is 0 Å². The summed E-state index contributed by atoms with van der Waals surface area (Å²) in [6.07, 6.45) is 0. The first-order chi connectivity index (χ1) is 13.9. The molecular formula is C21H39N9. The zero-order valence-corrected chi connectivity index (χ0v) is 20.8. The van der Waals surface area contributed by atoms with Crippen molar-refractivity contribution in [2.45, 2.75) is 0 Å². The van der Waals surface area contributed by atoms with Crippen LogP contribution in [-0.2, 0) is 0 Å². The van der Waals surface area contributed by atoms with Crippen molar-refractivity contribution in [1.29, 1.82) is 0 Å². The van der Waals surface area contributed by atoms with E-state index < -0.39 is 0 Å². The number of nitrogens with zero attached hydrogens (tertiary/aromatic N) is 9. The molecular weight excluding hydrogens is 378 g/mol. The fourth-order valence-corrected chi connectivity index (χ4v) is 2.93. The average molecular weight is 418 g/mol. The lowest BCUT2D eigenvalue weighted by Gasteiger charge is -2.25. The summed E-state index contributed by atoms with van der Waals surface area (Å²) in [6.45, 7) is 0. The molecule has 0 amide bonds. The molecule has 0 aromatic heterocycles. The van der Waals surface area contributed by atoms with Crippen LogP contribution in [0.15, 0.2) is 33.2 Å². The largest absolute Gasteiger partial charge is 0.349 e. The molecule has 9 nitrogen and oxygen atoms in total. The molecule has 30 heavy (non-hydrogen) atoms. The maximum Gasteiger partial charge on any atom is 0.200 e. The smallest absolute Gasteiger partial charge is 0.200 e. The van der Waals surface area contributed by atoms with Crippen molar-refractivity contribution in [3.63, 3.8) is 0 Å². The molecule has 0 atom stereocenters. The van der Waals surface area contributed by atoms with Gasteiger partial charge in [0.15, 0.2) is 0 Å². The van der Waals surface area contributed by atoms with Gasteiger partial charge in [-0.3, -0.25) is 0 Å². The van der Waals surface area contributed by atoms with Gasteiger partial charge < -0.3 is 29.4 Å². The standard InChI is InChI=1S/C21H39N9/c1-25(2)19(26(3)4)22-16-14-13-15-17(23-20(27(5)6)28(7)8)18(16)24-21(29(9)10)30(11)12/h13-15H,1-12H3. The molecule has 0 saturated carbocycles. The highest BCUT2D eigenvalue weighted by atomic mass is 15.4. The lowest BCUT2D eigenvalue weighted by molar-refractivity contribution is 0.482. The molecule has 0 N–H and O–H groups in total. The SMILES string of the molecule is CN(C)C(=Nc1cccc(N=C(N(C)C)N(C)C)c1N=C(N(C)C)N(C)C)N(C)C. The molecule has 0 radical (unpaired) electrons.